The molecule has 1 atom stereocenters. The van der Waals surface area contributed by atoms with E-state index in [1.807, 2.05) is 57.2 Å². The van der Waals surface area contributed by atoms with Crippen molar-refractivity contribution in [2.24, 2.45) is 0 Å². The molecule has 1 N–H and O–H groups in total. The topological polar surface area (TPSA) is 87.5 Å². The van der Waals surface area contributed by atoms with Crippen LogP contribution in [-0.4, -0.2) is 40.6 Å². The Morgan fingerprint density at radius 3 is 2.79 bits per heavy atom. The summed E-state index contributed by atoms with van der Waals surface area (Å²) in [6.45, 7) is 10.5. The van der Waals surface area contributed by atoms with Crippen molar-refractivity contribution < 1.29 is 19.0 Å². The van der Waals surface area contributed by atoms with Gasteiger partial charge in [0, 0.05) is 16.5 Å². The number of hydrogen-bond donors (Lipinski definition) is 1. The number of hydrogen-bond acceptors (Lipinski definition) is 8. The Morgan fingerprint density at radius 2 is 2.08 bits per heavy atom. The van der Waals surface area contributed by atoms with Gasteiger partial charge in [0.15, 0.2) is 11.5 Å². The number of nitrogens with one attached hydrogen (secondary N) is 1. The number of thioether (sulfide) groups is 1. The van der Waals surface area contributed by atoms with Gasteiger partial charge in [-0.1, -0.05) is 61.1 Å². The molecule has 0 spiro atoms. The minimum Gasteiger partial charge on any atom is -0.490 e. The van der Waals surface area contributed by atoms with E-state index in [0.717, 1.165) is 17.5 Å². The first kappa shape index (κ1) is 29.0. The van der Waals surface area contributed by atoms with Crippen LogP contribution >= 0.6 is 39.3 Å². The molecule has 1 aliphatic rings. The zero-order chi connectivity index (χ0) is 27.9. The van der Waals surface area contributed by atoms with E-state index in [4.69, 9.17) is 35.9 Å². The number of esters is 1. The van der Waals surface area contributed by atoms with Crippen molar-refractivity contribution in [3.05, 3.63) is 80.9 Å². The number of fused-ring (bicyclic) bond motifs is 1. The Labute approximate surface area is 245 Å². The second-order valence-electron chi connectivity index (χ2n) is 8.61. The van der Waals surface area contributed by atoms with Crippen molar-refractivity contribution in [1.82, 2.24) is 14.8 Å². The van der Waals surface area contributed by atoms with Crippen LogP contribution in [0.15, 0.2) is 70.0 Å². The van der Waals surface area contributed by atoms with Gasteiger partial charge in [-0.05, 0) is 65.5 Å². The normalized spacial score (nSPS) is 14.4. The van der Waals surface area contributed by atoms with Gasteiger partial charge in [-0.25, -0.2) is 9.48 Å². The number of ether oxygens (including phenoxy) is 3. The average molecular weight is 634 g/mol. The van der Waals surface area contributed by atoms with Gasteiger partial charge >= 0.3 is 5.97 Å². The van der Waals surface area contributed by atoms with Gasteiger partial charge in [-0.2, -0.15) is 4.98 Å². The maximum atomic E-state index is 13.3. The predicted octanol–water partition coefficient (Wildman–Crippen LogP) is 7.19. The SMILES string of the molecule is C=CCOC(=O)C1=C(C)Nc2nc(SCc3ccccc3Cl)nn2C1c1cc(Br)c(OCCC)c(OCC)c1. The van der Waals surface area contributed by atoms with Crippen molar-refractivity contribution in [2.75, 3.05) is 25.1 Å². The highest BCUT2D eigenvalue weighted by atomic mass is 79.9. The highest BCUT2D eigenvalue weighted by Crippen LogP contribution is 2.43. The summed E-state index contributed by atoms with van der Waals surface area (Å²) in [6.07, 6.45) is 2.39. The van der Waals surface area contributed by atoms with Gasteiger partial charge < -0.3 is 19.5 Å². The number of anilines is 1. The van der Waals surface area contributed by atoms with Crippen LogP contribution in [0.3, 0.4) is 0 Å². The minimum atomic E-state index is -0.628. The number of carbonyl (C=O) groups excluding carboxylic acids is 1. The van der Waals surface area contributed by atoms with Gasteiger partial charge in [-0.3, -0.25) is 0 Å². The van der Waals surface area contributed by atoms with Gasteiger partial charge in [0.2, 0.25) is 11.1 Å². The summed E-state index contributed by atoms with van der Waals surface area (Å²) in [4.78, 5) is 18.0. The zero-order valence-corrected chi connectivity index (χ0v) is 25.2. The molecule has 0 amide bonds. The number of nitrogens with zero attached hydrogens (tertiary/aromatic N) is 3. The smallest absolute Gasteiger partial charge is 0.338 e. The van der Waals surface area contributed by atoms with E-state index in [-0.39, 0.29) is 6.61 Å². The maximum Gasteiger partial charge on any atom is 0.338 e. The lowest BCUT2D eigenvalue weighted by Crippen LogP contribution is -2.29. The summed E-state index contributed by atoms with van der Waals surface area (Å²) in [5.41, 5.74) is 2.78. The third-order valence-corrected chi connectivity index (χ3v) is 7.64. The summed E-state index contributed by atoms with van der Waals surface area (Å²) in [7, 11) is 0. The van der Waals surface area contributed by atoms with Crippen molar-refractivity contribution >= 4 is 51.2 Å². The van der Waals surface area contributed by atoms with Crippen LogP contribution in [0.5, 0.6) is 11.5 Å². The van der Waals surface area contributed by atoms with E-state index < -0.39 is 12.0 Å². The summed E-state index contributed by atoms with van der Waals surface area (Å²) < 4.78 is 19.8. The monoisotopic (exact) mass is 632 g/mol. The molecule has 0 saturated carbocycles. The summed E-state index contributed by atoms with van der Waals surface area (Å²) in [5.74, 6) is 1.82. The second-order valence-corrected chi connectivity index (χ2v) is 10.8. The molecule has 2 heterocycles. The molecule has 0 bridgehead atoms. The Balaban J connectivity index is 1.77. The highest BCUT2D eigenvalue weighted by molar-refractivity contribution is 9.10. The third kappa shape index (κ3) is 6.62. The fourth-order valence-corrected chi connectivity index (χ4v) is 5.78. The first-order chi connectivity index (χ1) is 18.9. The molecule has 0 fully saturated rings. The van der Waals surface area contributed by atoms with Gasteiger partial charge in [0.25, 0.3) is 0 Å². The Bertz CT molecular complexity index is 1390. The Kier molecular flexibility index (Phi) is 9.99. The predicted molar refractivity (Wildman–Crippen MR) is 158 cm³/mol. The molecule has 1 aromatic heterocycles. The van der Waals surface area contributed by atoms with Gasteiger partial charge in [0.1, 0.15) is 12.6 Å². The van der Waals surface area contributed by atoms with Crippen LogP contribution in [0.2, 0.25) is 5.02 Å². The van der Waals surface area contributed by atoms with E-state index in [9.17, 15) is 4.79 Å². The second kappa shape index (κ2) is 13.4. The summed E-state index contributed by atoms with van der Waals surface area (Å²) in [6, 6.07) is 10.8. The number of rotatable bonds is 12. The highest BCUT2D eigenvalue weighted by Gasteiger charge is 2.36. The van der Waals surface area contributed by atoms with Crippen LogP contribution in [-0.2, 0) is 15.3 Å². The molecule has 11 heteroatoms. The molecule has 2 aromatic carbocycles. The van der Waals surface area contributed by atoms with Gasteiger partial charge in [-0.15, -0.1) is 5.10 Å². The number of allylic oxidation sites excluding steroid dienone is 1. The number of carbonyl (C=O) groups is 1. The molecule has 206 valence electrons. The van der Waals surface area contributed by atoms with E-state index in [0.29, 0.717) is 62.3 Å². The van der Waals surface area contributed by atoms with Crippen molar-refractivity contribution in [3.63, 3.8) is 0 Å². The van der Waals surface area contributed by atoms with Crippen molar-refractivity contribution in [1.29, 1.82) is 0 Å². The standard InChI is InChI=1S/C28H30BrClN4O4S/c1-5-12-37-25-20(29)14-19(15-22(25)36-7-3)24-23(26(35)38-13-6-2)17(4)31-27-32-28(33-34(24)27)39-16-18-10-8-9-11-21(18)30/h6,8-11,14-15,24H,2,5,7,12-13,16H2,1,3-4H3,(H,31,32,33). The number of aromatic nitrogens is 3. The van der Waals surface area contributed by atoms with Crippen molar-refractivity contribution in [2.45, 2.75) is 44.1 Å². The fourth-order valence-electron chi connectivity index (χ4n) is 4.09. The first-order valence-electron chi connectivity index (χ1n) is 12.5. The molecular weight excluding hydrogens is 604 g/mol. The first-order valence-corrected chi connectivity index (χ1v) is 14.7. The van der Waals surface area contributed by atoms with Crippen LogP contribution in [0.1, 0.15) is 44.4 Å². The zero-order valence-electron chi connectivity index (χ0n) is 22.0. The van der Waals surface area contributed by atoms with E-state index in [2.05, 4.69) is 27.8 Å². The molecule has 39 heavy (non-hydrogen) atoms. The Hall–Kier alpha value is -2.95. The van der Waals surface area contributed by atoms with Crippen LogP contribution in [0, 0.1) is 0 Å². The molecule has 1 aliphatic heterocycles. The maximum absolute atomic E-state index is 13.3. The van der Waals surface area contributed by atoms with Crippen LogP contribution < -0.4 is 14.8 Å². The molecule has 0 aliphatic carbocycles. The minimum absolute atomic E-state index is 0.0865. The van der Waals surface area contributed by atoms with Crippen molar-refractivity contribution in [3.8, 4) is 11.5 Å². The lowest BCUT2D eigenvalue weighted by molar-refractivity contribution is -0.138. The van der Waals surface area contributed by atoms with E-state index in [1.165, 1.54) is 17.8 Å². The summed E-state index contributed by atoms with van der Waals surface area (Å²) >= 11 is 11.5. The van der Waals surface area contributed by atoms with Crippen LogP contribution in [0.25, 0.3) is 0 Å². The lowest BCUT2D eigenvalue weighted by atomic mass is 9.95. The van der Waals surface area contributed by atoms with Gasteiger partial charge in [0.05, 0.1) is 23.3 Å². The quantitative estimate of drug-likeness (QED) is 0.127. The number of benzene rings is 2. The average Bonchev–Trinajstić information content (AvgIpc) is 3.32. The lowest BCUT2D eigenvalue weighted by Gasteiger charge is -2.28. The fraction of sp³-hybridized carbons (Fsp3) is 0.321. The summed E-state index contributed by atoms with van der Waals surface area (Å²) in [5, 5.41) is 9.25. The molecule has 0 radical (unpaired) electrons. The molecular formula is C28H30BrClN4O4S. The molecule has 1 unspecified atom stereocenters. The Morgan fingerprint density at radius 1 is 1.28 bits per heavy atom. The number of halogens is 2. The van der Waals surface area contributed by atoms with Crippen LogP contribution in [0.4, 0.5) is 5.95 Å². The third-order valence-electron chi connectivity index (χ3n) is 5.80. The van der Waals surface area contributed by atoms with E-state index in [1.54, 1.807) is 4.68 Å². The molecule has 3 aromatic rings. The van der Waals surface area contributed by atoms with E-state index >= 15 is 0 Å². The molecule has 8 nitrogen and oxygen atoms in total. The molecule has 0 saturated heterocycles. The molecule has 4 rings (SSSR count). The largest absolute Gasteiger partial charge is 0.490 e.